The van der Waals surface area contributed by atoms with Crippen LogP contribution in [0.3, 0.4) is 0 Å². The molecule has 1 aliphatic rings. The van der Waals surface area contributed by atoms with Gasteiger partial charge >= 0.3 is 0 Å². The molecule has 1 fully saturated rings. The largest absolute Gasteiger partial charge is 0.352 e. The molecule has 0 spiro atoms. The normalized spacial score (nSPS) is 15.2. The SMILES string of the molecule is Cc1c([N+](=O)[O-])ccc(=O)n1CC(=O)NC1CCCC1. The number of rotatable bonds is 4. The van der Waals surface area contributed by atoms with Crippen LogP contribution < -0.4 is 10.9 Å². The van der Waals surface area contributed by atoms with E-state index in [9.17, 15) is 19.7 Å². The molecule has 7 heteroatoms. The molecule has 0 unspecified atom stereocenters. The summed E-state index contributed by atoms with van der Waals surface area (Å²) in [6.07, 6.45) is 4.10. The second kappa shape index (κ2) is 5.85. The van der Waals surface area contributed by atoms with Crippen LogP contribution >= 0.6 is 0 Å². The minimum atomic E-state index is -0.555. The zero-order chi connectivity index (χ0) is 14.7. The molecule has 2 rings (SSSR count). The quantitative estimate of drug-likeness (QED) is 0.660. The highest BCUT2D eigenvalue weighted by Crippen LogP contribution is 2.18. The monoisotopic (exact) mass is 279 g/mol. The first-order valence-electron chi connectivity index (χ1n) is 6.63. The molecule has 0 saturated heterocycles. The van der Waals surface area contributed by atoms with E-state index in [1.54, 1.807) is 0 Å². The van der Waals surface area contributed by atoms with Crippen molar-refractivity contribution in [2.24, 2.45) is 0 Å². The number of hydrogen-bond donors (Lipinski definition) is 1. The second-order valence-corrected chi connectivity index (χ2v) is 5.03. The van der Waals surface area contributed by atoms with Gasteiger partial charge in [-0.15, -0.1) is 0 Å². The third-order valence-electron chi connectivity index (χ3n) is 3.64. The molecule has 7 nitrogen and oxygen atoms in total. The predicted molar refractivity (Wildman–Crippen MR) is 72.5 cm³/mol. The van der Waals surface area contributed by atoms with Gasteiger partial charge in [0.05, 0.1) is 10.6 Å². The fourth-order valence-corrected chi connectivity index (χ4v) is 2.54. The van der Waals surface area contributed by atoms with Crippen LogP contribution in [0, 0.1) is 17.0 Å². The maximum Gasteiger partial charge on any atom is 0.288 e. The van der Waals surface area contributed by atoms with Gasteiger partial charge in [0.15, 0.2) is 0 Å². The lowest BCUT2D eigenvalue weighted by atomic mass is 10.2. The molecule has 1 aliphatic carbocycles. The van der Waals surface area contributed by atoms with E-state index in [4.69, 9.17) is 0 Å². The summed E-state index contributed by atoms with van der Waals surface area (Å²) in [4.78, 5) is 33.9. The Morgan fingerprint density at radius 3 is 2.70 bits per heavy atom. The van der Waals surface area contributed by atoms with Crippen LogP contribution in [0.25, 0.3) is 0 Å². The van der Waals surface area contributed by atoms with E-state index in [0.717, 1.165) is 36.3 Å². The standard InChI is InChI=1S/C13H17N3O4/c1-9-11(16(19)20)6-7-13(18)15(9)8-12(17)14-10-4-2-3-5-10/h6-7,10H,2-5,8H2,1H3,(H,14,17). The number of amides is 1. The van der Waals surface area contributed by atoms with Crippen LogP contribution in [0.2, 0.25) is 0 Å². The van der Waals surface area contributed by atoms with Gasteiger partial charge in [-0.25, -0.2) is 0 Å². The summed E-state index contributed by atoms with van der Waals surface area (Å²) in [5.74, 6) is -0.275. The average molecular weight is 279 g/mol. The van der Waals surface area contributed by atoms with Crippen molar-refractivity contribution in [3.8, 4) is 0 Å². The zero-order valence-corrected chi connectivity index (χ0v) is 11.3. The summed E-state index contributed by atoms with van der Waals surface area (Å²) in [7, 11) is 0. The molecular formula is C13H17N3O4. The Balaban J connectivity index is 2.15. The Morgan fingerprint density at radius 1 is 1.45 bits per heavy atom. The van der Waals surface area contributed by atoms with Crippen LogP contribution in [0.4, 0.5) is 5.69 Å². The number of carbonyl (C=O) groups is 1. The summed E-state index contributed by atoms with van der Waals surface area (Å²) in [5.41, 5.74) is -0.364. The highest BCUT2D eigenvalue weighted by atomic mass is 16.6. The maximum absolute atomic E-state index is 11.9. The van der Waals surface area contributed by atoms with Gasteiger partial charge in [-0.2, -0.15) is 0 Å². The molecular weight excluding hydrogens is 262 g/mol. The molecule has 0 bridgehead atoms. The molecule has 0 aromatic carbocycles. The number of nitrogens with zero attached hydrogens (tertiary/aromatic N) is 2. The van der Waals surface area contributed by atoms with E-state index in [-0.39, 0.29) is 29.9 Å². The number of pyridine rings is 1. The van der Waals surface area contributed by atoms with Gasteiger partial charge in [-0.1, -0.05) is 12.8 Å². The highest BCUT2D eigenvalue weighted by molar-refractivity contribution is 5.76. The van der Waals surface area contributed by atoms with Crippen LogP contribution in [0.1, 0.15) is 31.4 Å². The van der Waals surface area contributed by atoms with Crippen molar-refractivity contribution in [2.45, 2.75) is 45.2 Å². The number of nitrogens with one attached hydrogen (secondary N) is 1. The Bertz CT molecular complexity index is 588. The minimum absolute atomic E-state index is 0.154. The van der Waals surface area contributed by atoms with Crippen molar-refractivity contribution in [2.75, 3.05) is 0 Å². The molecule has 1 N–H and O–H groups in total. The molecule has 108 valence electrons. The van der Waals surface area contributed by atoms with Crippen LogP contribution in [-0.4, -0.2) is 21.4 Å². The maximum atomic E-state index is 11.9. The Hall–Kier alpha value is -2.18. The Kier molecular flexibility index (Phi) is 4.16. The Labute approximate surface area is 115 Å². The van der Waals surface area contributed by atoms with E-state index in [1.807, 2.05) is 0 Å². The van der Waals surface area contributed by atoms with Gasteiger partial charge in [0.25, 0.3) is 11.2 Å². The molecule has 0 atom stereocenters. The first-order valence-corrected chi connectivity index (χ1v) is 6.63. The fourth-order valence-electron chi connectivity index (χ4n) is 2.54. The molecule has 1 aromatic heterocycles. The number of aromatic nitrogens is 1. The predicted octanol–water partition coefficient (Wildman–Crippen LogP) is 1.12. The van der Waals surface area contributed by atoms with Gasteiger partial charge in [0.1, 0.15) is 6.54 Å². The van der Waals surface area contributed by atoms with E-state index >= 15 is 0 Å². The fraction of sp³-hybridized carbons (Fsp3) is 0.538. The van der Waals surface area contributed by atoms with Gasteiger partial charge in [-0.05, 0) is 19.8 Å². The molecule has 1 saturated carbocycles. The Morgan fingerprint density at radius 2 is 2.10 bits per heavy atom. The van der Waals surface area contributed by atoms with Crippen molar-refractivity contribution < 1.29 is 9.72 Å². The smallest absolute Gasteiger partial charge is 0.288 e. The van der Waals surface area contributed by atoms with Crippen LogP contribution in [0.15, 0.2) is 16.9 Å². The van der Waals surface area contributed by atoms with Crippen LogP contribution in [0.5, 0.6) is 0 Å². The van der Waals surface area contributed by atoms with Crippen molar-refractivity contribution >= 4 is 11.6 Å². The van der Waals surface area contributed by atoms with E-state index < -0.39 is 10.5 Å². The lowest BCUT2D eigenvalue weighted by Gasteiger charge is -2.14. The van der Waals surface area contributed by atoms with Gasteiger partial charge < -0.3 is 5.32 Å². The first kappa shape index (κ1) is 14.2. The van der Waals surface area contributed by atoms with Gasteiger partial charge in [0.2, 0.25) is 5.91 Å². The summed E-state index contributed by atoms with van der Waals surface area (Å²) in [6.45, 7) is 1.30. The molecule has 0 aliphatic heterocycles. The van der Waals surface area contributed by atoms with Crippen molar-refractivity contribution in [3.63, 3.8) is 0 Å². The lowest BCUT2D eigenvalue weighted by Crippen LogP contribution is -2.38. The zero-order valence-electron chi connectivity index (χ0n) is 11.3. The van der Waals surface area contributed by atoms with E-state index in [2.05, 4.69) is 5.32 Å². The molecule has 20 heavy (non-hydrogen) atoms. The summed E-state index contributed by atoms with van der Waals surface area (Å²) in [6, 6.07) is 2.45. The van der Waals surface area contributed by atoms with E-state index in [0.29, 0.717) is 0 Å². The third kappa shape index (κ3) is 3.04. The molecule has 1 aromatic rings. The van der Waals surface area contributed by atoms with Crippen molar-refractivity contribution in [1.82, 2.24) is 9.88 Å². The van der Waals surface area contributed by atoms with Gasteiger partial charge in [-0.3, -0.25) is 24.3 Å². The van der Waals surface area contributed by atoms with Gasteiger partial charge in [0, 0.05) is 18.2 Å². The number of carbonyl (C=O) groups excluding carboxylic acids is 1. The molecule has 1 heterocycles. The lowest BCUT2D eigenvalue weighted by molar-refractivity contribution is -0.386. The molecule has 0 radical (unpaired) electrons. The van der Waals surface area contributed by atoms with Crippen molar-refractivity contribution in [3.05, 3.63) is 38.3 Å². The second-order valence-electron chi connectivity index (χ2n) is 5.03. The third-order valence-corrected chi connectivity index (χ3v) is 3.64. The summed E-state index contributed by atoms with van der Waals surface area (Å²) < 4.78 is 1.14. The first-order chi connectivity index (χ1) is 9.49. The minimum Gasteiger partial charge on any atom is -0.352 e. The van der Waals surface area contributed by atoms with E-state index in [1.165, 1.54) is 13.0 Å². The van der Waals surface area contributed by atoms with Crippen molar-refractivity contribution in [1.29, 1.82) is 0 Å². The topological polar surface area (TPSA) is 94.2 Å². The number of hydrogen-bond acceptors (Lipinski definition) is 4. The average Bonchev–Trinajstić information content (AvgIpc) is 2.86. The van der Waals surface area contributed by atoms with Crippen LogP contribution in [-0.2, 0) is 11.3 Å². The summed E-state index contributed by atoms with van der Waals surface area (Å²) in [5, 5.41) is 13.7. The number of nitro groups is 1. The summed E-state index contributed by atoms with van der Waals surface area (Å²) >= 11 is 0. The molecule has 1 amide bonds. The highest BCUT2D eigenvalue weighted by Gasteiger charge is 2.20.